The first kappa shape index (κ1) is 20.9. The molecule has 0 aliphatic carbocycles. The second-order valence-electron chi connectivity index (χ2n) is 6.18. The Labute approximate surface area is 165 Å². The Morgan fingerprint density at radius 3 is 2.44 bits per heavy atom. The first-order valence-corrected chi connectivity index (χ1v) is 9.62. The fourth-order valence-electron chi connectivity index (χ4n) is 2.36. The topological polar surface area (TPSA) is 67.8 Å². The smallest absolute Gasteiger partial charge is 0.259 e. The lowest BCUT2D eigenvalue weighted by atomic mass is 10.1. The number of nitrogens with one attached hydrogen (secondary N) is 1. The molecule has 0 fully saturated rings. The van der Waals surface area contributed by atoms with Gasteiger partial charge in [0.2, 0.25) is 0 Å². The van der Waals surface area contributed by atoms with Gasteiger partial charge in [-0.2, -0.15) is 0 Å². The van der Waals surface area contributed by atoms with Crippen LogP contribution in [0.3, 0.4) is 0 Å². The van der Waals surface area contributed by atoms with Gasteiger partial charge in [-0.1, -0.05) is 38.3 Å². The summed E-state index contributed by atoms with van der Waals surface area (Å²) in [6, 6.07) is 9.67. The zero-order chi connectivity index (χ0) is 19.6. The zero-order valence-electron chi connectivity index (χ0n) is 15.8. The lowest BCUT2D eigenvalue weighted by Gasteiger charge is -2.15. The van der Waals surface area contributed by atoms with Crippen molar-refractivity contribution in [1.29, 1.82) is 0 Å². The second kappa shape index (κ2) is 10.7. The highest BCUT2D eigenvalue weighted by Gasteiger charge is 2.15. The summed E-state index contributed by atoms with van der Waals surface area (Å²) in [6.07, 6.45) is 3.91. The summed E-state index contributed by atoms with van der Waals surface area (Å²) < 4.78 is 11.5. The standard InChI is InChI=1S/C21H26ClNO4/c1-3-5-11-26-16-8-10-20(27-12-6-4-2)18(14-16)23-21(25)17-13-15(22)7-9-19(17)24/h7-10,13-14,24H,3-6,11-12H2,1-2H3,(H,23,25). The van der Waals surface area contributed by atoms with E-state index in [1.54, 1.807) is 12.1 Å². The Kier molecular flexibility index (Phi) is 8.27. The number of anilines is 1. The van der Waals surface area contributed by atoms with E-state index < -0.39 is 5.91 Å². The molecule has 0 bridgehead atoms. The van der Waals surface area contributed by atoms with Gasteiger partial charge in [-0.25, -0.2) is 0 Å². The molecule has 0 aliphatic rings. The van der Waals surface area contributed by atoms with Crippen molar-refractivity contribution < 1.29 is 19.4 Å². The Morgan fingerprint density at radius 1 is 1.04 bits per heavy atom. The molecule has 2 N–H and O–H groups in total. The third-order valence-corrected chi connectivity index (χ3v) is 4.16. The second-order valence-corrected chi connectivity index (χ2v) is 6.61. The van der Waals surface area contributed by atoms with Crippen LogP contribution in [0.2, 0.25) is 5.02 Å². The van der Waals surface area contributed by atoms with Crippen molar-refractivity contribution >= 4 is 23.2 Å². The summed E-state index contributed by atoms with van der Waals surface area (Å²) in [5.74, 6) is 0.597. The molecule has 0 saturated heterocycles. The van der Waals surface area contributed by atoms with Crippen LogP contribution in [0.5, 0.6) is 17.2 Å². The van der Waals surface area contributed by atoms with E-state index in [4.69, 9.17) is 21.1 Å². The molecular weight excluding hydrogens is 366 g/mol. The SMILES string of the molecule is CCCCOc1ccc(OCCCC)c(NC(=O)c2cc(Cl)ccc2O)c1. The van der Waals surface area contributed by atoms with Gasteiger partial charge in [0.25, 0.3) is 5.91 Å². The van der Waals surface area contributed by atoms with Crippen molar-refractivity contribution in [1.82, 2.24) is 0 Å². The molecule has 2 aromatic rings. The van der Waals surface area contributed by atoms with E-state index >= 15 is 0 Å². The molecule has 0 heterocycles. The first-order chi connectivity index (χ1) is 13.0. The van der Waals surface area contributed by atoms with Crippen molar-refractivity contribution in [3.05, 3.63) is 47.0 Å². The van der Waals surface area contributed by atoms with Crippen LogP contribution in [-0.2, 0) is 0 Å². The van der Waals surface area contributed by atoms with Crippen LogP contribution in [0.1, 0.15) is 49.9 Å². The molecule has 27 heavy (non-hydrogen) atoms. The van der Waals surface area contributed by atoms with Crippen LogP contribution < -0.4 is 14.8 Å². The summed E-state index contributed by atoms with van der Waals surface area (Å²) in [5.41, 5.74) is 0.587. The molecule has 2 aromatic carbocycles. The highest BCUT2D eigenvalue weighted by molar-refractivity contribution is 6.31. The molecule has 1 amide bonds. The number of hydrogen-bond acceptors (Lipinski definition) is 4. The molecule has 0 spiro atoms. The number of aromatic hydroxyl groups is 1. The van der Waals surface area contributed by atoms with E-state index in [9.17, 15) is 9.90 Å². The molecule has 6 heteroatoms. The summed E-state index contributed by atoms with van der Waals surface area (Å²) in [5, 5.41) is 13.1. The van der Waals surface area contributed by atoms with Crippen molar-refractivity contribution in [2.75, 3.05) is 18.5 Å². The van der Waals surface area contributed by atoms with E-state index in [0.29, 0.717) is 35.4 Å². The summed E-state index contributed by atoms with van der Waals surface area (Å²) >= 11 is 5.94. The van der Waals surface area contributed by atoms with Crippen LogP contribution in [0, 0.1) is 0 Å². The van der Waals surface area contributed by atoms with Gasteiger partial charge in [0.1, 0.15) is 17.2 Å². The third kappa shape index (κ3) is 6.36. The number of amides is 1. The van der Waals surface area contributed by atoms with E-state index in [1.807, 2.05) is 6.07 Å². The Bertz CT molecular complexity index is 764. The van der Waals surface area contributed by atoms with Crippen molar-refractivity contribution in [3.63, 3.8) is 0 Å². The maximum atomic E-state index is 12.6. The average molecular weight is 392 g/mol. The van der Waals surface area contributed by atoms with Crippen LogP contribution in [-0.4, -0.2) is 24.2 Å². The van der Waals surface area contributed by atoms with Crippen molar-refractivity contribution in [3.8, 4) is 17.2 Å². The maximum Gasteiger partial charge on any atom is 0.259 e. The number of hydrogen-bond donors (Lipinski definition) is 2. The normalized spacial score (nSPS) is 10.5. The van der Waals surface area contributed by atoms with Gasteiger partial charge in [0.05, 0.1) is 24.5 Å². The van der Waals surface area contributed by atoms with E-state index in [2.05, 4.69) is 19.2 Å². The van der Waals surface area contributed by atoms with E-state index in [-0.39, 0.29) is 11.3 Å². The lowest BCUT2D eigenvalue weighted by molar-refractivity contribution is 0.102. The predicted octanol–water partition coefficient (Wildman–Crippen LogP) is 5.66. The molecule has 2 rings (SSSR count). The minimum Gasteiger partial charge on any atom is -0.507 e. The minimum absolute atomic E-state index is 0.0966. The van der Waals surface area contributed by atoms with Crippen LogP contribution in [0.25, 0.3) is 0 Å². The first-order valence-electron chi connectivity index (χ1n) is 9.24. The molecule has 5 nitrogen and oxygen atoms in total. The number of unbranched alkanes of at least 4 members (excludes halogenated alkanes) is 2. The lowest BCUT2D eigenvalue weighted by Crippen LogP contribution is -2.13. The highest BCUT2D eigenvalue weighted by atomic mass is 35.5. The molecular formula is C21H26ClNO4. The number of carbonyl (C=O) groups excluding carboxylic acids is 1. The number of phenols is 1. The largest absolute Gasteiger partial charge is 0.507 e. The number of ether oxygens (including phenoxy) is 2. The molecule has 0 aliphatic heterocycles. The van der Waals surface area contributed by atoms with Crippen molar-refractivity contribution in [2.45, 2.75) is 39.5 Å². The minimum atomic E-state index is -0.471. The van der Waals surface area contributed by atoms with Crippen LogP contribution in [0.15, 0.2) is 36.4 Å². The van der Waals surface area contributed by atoms with E-state index in [1.165, 1.54) is 18.2 Å². The zero-order valence-corrected chi connectivity index (χ0v) is 16.5. The Balaban J connectivity index is 2.22. The van der Waals surface area contributed by atoms with E-state index in [0.717, 1.165) is 25.7 Å². The molecule has 0 saturated carbocycles. The van der Waals surface area contributed by atoms with Gasteiger partial charge in [-0.15, -0.1) is 0 Å². The monoisotopic (exact) mass is 391 g/mol. The van der Waals surface area contributed by atoms with Gasteiger partial charge in [0, 0.05) is 11.1 Å². The number of halogens is 1. The average Bonchev–Trinajstić information content (AvgIpc) is 2.65. The maximum absolute atomic E-state index is 12.6. The van der Waals surface area contributed by atoms with Crippen LogP contribution in [0.4, 0.5) is 5.69 Å². The van der Waals surface area contributed by atoms with Gasteiger partial charge in [0.15, 0.2) is 0 Å². The predicted molar refractivity (Wildman–Crippen MR) is 108 cm³/mol. The molecule has 0 aromatic heterocycles. The van der Waals surface area contributed by atoms with Gasteiger partial charge < -0.3 is 19.9 Å². The Morgan fingerprint density at radius 2 is 1.74 bits per heavy atom. The summed E-state index contributed by atoms with van der Waals surface area (Å²) in [6.45, 7) is 5.34. The fraction of sp³-hybridized carbons (Fsp3) is 0.381. The molecule has 0 radical (unpaired) electrons. The van der Waals surface area contributed by atoms with Gasteiger partial charge >= 0.3 is 0 Å². The van der Waals surface area contributed by atoms with Gasteiger partial charge in [-0.3, -0.25) is 4.79 Å². The third-order valence-electron chi connectivity index (χ3n) is 3.92. The highest BCUT2D eigenvalue weighted by Crippen LogP contribution is 2.31. The fourth-order valence-corrected chi connectivity index (χ4v) is 2.54. The summed E-state index contributed by atoms with van der Waals surface area (Å²) in [7, 11) is 0. The number of carbonyl (C=O) groups is 1. The molecule has 146 valence electrons. The van der Waals surface area contributed by atoms with Crippen molar-refractivity contribution in [2.24, 2.45) is 0 Å². The quantitative estimate of drug-likeness (QED) is 0.513. The number of benzene rings is 2. The van der Waals surface area contributed by atoms with Gasteiger partial charge in [-0.05, 0) is 43.2 Å². The number of rotatable bonds is 10. The Hall–Kier alpha value is -2.40. The van der Waals surface area contributed by atoms with Crippen LogP contribution >= 0.6 is 11.6 Å². The summed E-state index contributed by atoms with van der Waals surface area (Å²) in [4.78, 5) is 12.6. The number of phenolic OH excluding ortho intramolecular Hbond substituents is 1. The molecule has 0 atom stereocenters. The molecule has 0 unspecified atom stereocenters.